The molecule has 0 saturated heterocycles. The van der Waals surface area contributed by atoms with E-state index in [0.717, 1.165) is 17.4 Å². The molecule has 0 amide bonds. The third-order valence-electron chi connectivity index (χ3n) is 4.06. The zero-order valence-electron chi connectivity index (χ0n) is 11.6. The van der Waals surface area contributed by atoms with Gasteiger partial charge in [-0.15, -0.1) is 0 Å². The number of benzene rings is 2. The molecule has 4 heteroatoms. The number of carbonyl (C=O) groups excluding carboxylic acids is 1. The first kappa shape index (κ1) is 14.0. The molecule has 2 aromatic rings. The van der Waals surface area contributed by atoms with E-state index in [1.54, 1.807) is 24.3 Å². The largest absolute Gasteiger partial charge is 0.303 e. The van der Waals surface area contributed by atoms with Crippen LogP contribution in [0.1, 0.15) is 17.0 Å². The fraction of sp³-hybridized carbons (Fsp3) is 0.235. The van der Waals surface area contributed by atoms with Gasteiger partial charge >= 0.3 is 0 Å². The van der Waals surface area contributed by atoms with E-state index in [4.69, 9.17) is 0 Å². The van der Waals surface area contributed by atoms with Gasteiger partial charge in [0.15, 0.2) is 9.84 Å². The lowest BCUT2D eigenvalue weighted by molar-refractivity contribution is -0.108. The molecule has 2 aromatic carbocycles. The van der Waals surface area contributed by atoms with E-state index in [0.29, 0.717) is 4.90 Å². The molecule has 0 radical (unpaired) electrons. The van der Waals surface area contributed by atoms with E-state index >= 15 is 0 Å². The van der Waals surface area contributed by atoms with Gasteiger partial charge in [0.2, 0.25) is 0 Å². The van der Waals surface area contributed by atoms with Gasteiger partial charge in [-0.1, -0.05) is 48.0 Å². The maximum absolute atomic E-state index is 12.7. The topological polar surface area (TPSA) is 51.2 Å². The SMILES string of the molecule is Cc1ccc(S(=O)(=O)[C@@H]2[C@H](C=O)[C@H]2c2ccccc2)cc1. The van der Waals surface area contributed by atoms with Gasteiger partial charge in [-0.25, -0.2) is 8.42 Å². The molecular weight excluding hydrogens is 284 g/mol. The average Bonchev–Trinajstić information content (AvgIpc) is 3.24. The number of aryl methyl sites for hydroxylation is 1. The van der Waals surface area contributed by atoms with Crippen molar-refractivity contribution in [2.75, 3.05) is 0 Å². The Morgan fingerprint density at radius 1 is 0.952 bits per heavy atom. The Hall–Kier alpha value is -1.94. The zero-order valence-corrected chi connectivity index (χ0v) is 12.5. The Morgan fingerprint density at radius 2 is 1.57 bits per heavy atom. The van der Waals surface area contributed by atoms with E-state index in [1.165, 1.54) is 0 Å². The molecule has 0 unspecified atom stereocenters. The van der Waals surface area contributed by atoms with E-state index in [-0.39, 0.29) is 5.92 Å². The average molecular weight is 300 g/mol. The summed E-state index contributed by atoms with van der Waals surface area (Å²) in [5.74, 6) is -0.672. The van der Waals surface area contributed by atoms with Crippen LogP contribution >= 0.6 is 0 Å². The molecule has 0 N–H and O–H groups in total. The van der Waals surface area contributed by atoms with E-state index in [1.807, 2.05) is 37.3 Å². The molecule has 108 valence electrons. The van der Waals surface area contributed by atoms with Crippen molar-refractivity contribution in [1.29, 1.82) is 0 Å². The van der Waals surface area contributed by atoms with Gasteiger partial charge < -0.3 is 4.79 Å². The second kappa shape index (κ2) is 5.11. The maximum atomic E-state index is 12.7. The molecule has 1 fully saturated rings. The van der Waals surface area contributed by atoms with Crippen LogP contribution < -0.4 is 0 Å². The van der Waals surface area contributed by atoms with Gasteiger partial charge in [0.05, 0.1) is 10.1 Å². The summed E-state index contributed by atoms with van der Waals surface area (Å²) in [5, 5.41) is -0.639. The lowest BCUT2D eigenvalue weighted by atomic mass is 10.1. The standard InChI is InChI=1S/C17H16O3S/c1-12-7-9-14(10-8-12)21(19,20)17-15(11-18)16(17)13-5-3-2-4-6-13/h2-11,15-17H,1H3/t15-,16-,17-/m1/s1. The van der Waals surface area contributed by atoms with Crippen molar-refractivity contribution in [3.05, 3.63) is 65.7 Å². The molecule has 0 spiro atoms. The summed E-state index contributed by atoms with van der Waals surface area (Å²) in [7, 11) is -3.47. The third kappa shape index (κ3) is 2.40. The van der Waals surface area contributed by atoms with E-state index in [9.17, 15) is 13.2 Å². The highest BCUT2D eigenvalue weighted by molar-refractivity contribution is 7.92. The highest BCUT2D eigenvalue weighted by Crippen LogP contribution is 2.52. The number of aldehydes is 1. The monoisotopic (exact) mass is 300 g/mol. The third-order valence-corrected chi connectivity index (χ3v) is 6.31. The molecule has 0 aromatic heterocycles. The van der Waals surface area contributed by atoms with Crippen molar-refractivity contribution in [1.82, 2.24) is 0 Å². The van der Waals surface area contributed by atoms with Crippen molar-refractivity contribution < 1.29 is 13.2 Å². The number of hydrogen-bond donors (Lipinski definition) is 0. The van der Waals surface area contributed by atoms with Crippen molar-refractivity contribution in [3.63, 3.8) is 0 Å². The first-order valence-electron chi connectivity index (χ1n) is 6.86. The molecule has 3 nitrogen and oxygen atoms in total. The summed E-state index contributed by atoms with van der Waals surface area (Å²) in [4.78, 5) is 11.5. The van der Waals surface area contributed by atoms with Gasteiger partial charge in [0.1, 0.15) is 6.29 Å². The molecule has 0 aliphatic heterocycles. The summed E-state index contributed by atoms with van der Waals surface area (Å²) in [5.41, 5.74) is 1.92. The Kier molecular flexibility index (Phi) is 3.41. The summed E-state index contributed by atoms with van der Waals surface area (Å²) in [6.45, 7) is 1.91. The van der Waals surface area contributed by atoms with Gasteiger partial charge in [-0.3, -0.25) is 0 Å². The predicted molar refractivity (Wildman–Crippen MR) is 80.9 cm³/mol. The number of hydrogen-bond acceptors (Lipinski definition) is 3. The highest BCUT2D eigenvalue weighted by Gasteiger charge is 2.58. The van der Waals surface area contributed by atoms with Crippen LogP contribution in [0.3, 0.4) is 0 Å². The summed E-state index contributed by atoms with van der Waals surface area (Å²) >= 11 is 0. The van der Waals surface area contributed by atoms with E-state index in [2.05, 4.69) is 0 Å². The van der Waals surface area contributed by atoms with Crippen molar-refractivity contribution in [2.24, 2.45) is 5.92 Å². The molecule has 21 heavy (non-hydrogen) atoms. The normalized spacial score (nSPS) is 24.5. The van der Waals surface area contributed by atoms with Crippen molar-refractivity contribution >= 4 is 16.1 Å². The molecule has 3 rings (SSSR count). The number of sulfone groups is 1. The summed E-state index contributed by atoms with van der Waals surface area (Å²) in [6, 6.07) is 16.2. The molecule has 3 atom stereocenters. The molecular formula is C17H16O3S. The number of rotatable bonds is 4. The lowest BCUT2D eigenvalue weighted by Gasteiger charge is -2.04. The first-order chi connectivity index (χ1) is 10.1. The smallest absolute Gasteiger partial charge is 0.182 e. The molecule has 1 saturated carbocycles. The zero-order chi connectivity index (χ0) is 15.0. The summed E-state index contributed by atoms with van der Waals surface area (Å²) < 4.78 is 25.4. The second-order valence-electron chi connectivity index (χ2n) is 5.47. The predicted octanol–water partition coefficient (Wildman–Crippen LogP) is 2.75. The Bertz CT molecular complexity index is 748. The van der Waals surface area contributed by atoms with Gasteiger partial charge in [-0.05, 0) is 24.6 Å². The van der Waals surface area contributed by atoms with Crippen molar-refractivity contribution in [3.8, 4) is 0 Å². The molecule has 1 aliphatic carbocycles. The minimum absolute atomic E-state index is 0.227. The van der Waals surface area contributed by atoms with Crippen LogP contribution in [-0.2, 0) is 14.6 Å². The minimum Gasteiger partial charge on any atom is -0.303 e. The highest BCUT2D eigenvalue weighted by atomic mass is 32.2. The number of carbonyl (C=O) groups is 1. The second-order valence-corrected chi connectivity index (χ2v) is 7.58. The summed E-state index contributed by atoms with van der Waals surface area (Å²) in [6.07, 6.45) is 0.772. The van der Waals surface area contributed by atoms with Crippen LogP contribution in [-0.4, -0.2) is 20.0 Å². The van der Waals surface area contributed by atoms with Gasteiger partial charge in [-0.2, -0.15) is 0 Å². The van der Waals surface area contributed by atoms with Crippen LogP contribution in [0.4, 0.5) is 0 Å². The van der Waals surface area contributed by atoms with Crippen LogP contribution in [0.5, 0.6) is 0 Å². The Balaban J connectivity index is 1.96. The fourth-order valence-corrected chi connectivity index (χ4v) is 4.95. The van der Waals surface area contributed by atoms with Crippen LogP contribution in [0.25, 0.3) is 0 Å². The van der Waals surface area contributed by atoms with Crippen LogP contribution in [0.15, 0.2) is 59.5 Å². The van der Waals surface area contributed by atoms with Gasteiger partial charge in [0, 0.05) is 11.8 Å². The van der Waals surface area contributed by atoms with Crippen LogP contribution in [0.2, 0.25) is 0 Å². The minimum atomic E-state index is -3.47. The van der Waals surface area contributed by atoms with Crippen LogP contribution in [0, 0.1) is 12.8 Å². The first-order valence-corrected chi connectivity index (χ1v) is 8.41. The molecule has 0 heterocycles. The Morgan fingerprint density at radius 3 is 2.14 bits per heavy atom. The van der Waals surface area contributed by atoms with Crippen molar-refractivity contribution in [2.45, 2.75) is 23.0 Å². The quantitative estimate of drug-likeness (QED) is 0.816. The molecule has 1 aliphatic rings. The molecule has 0 bridgehead atoms. The fourth-order valence-electron chi connectivity index (χ4n) is 2.84. The lowest BCUT2D eigenvalue weighted by Crippen LogP contribution is -2.11. The van der Waals surface area contributed by atoms with E-state index < -0.39 is 21.0 Å². The maximum Gasteiger partial charge on any atom is 0.182 e. The Labute approximate surface area is 124 Å². The van der Waals surface area contributed by atoms with Gasteiger partial charge in [0.25, 0.3) is 0 Å².